The third kappa shape index (κ3) is 4.70. The van der Waals surface area contributed by atoms with Crippen LogP contribution in [0.15, 0.2) is 36.4 Å². The lowest BCUT2D eigenvalue weighted by molar-refractivity contribution is -0.123. The summed E-state index contributed by atoms with van der Waals surface area (Å²) in [5.41, 5.74) is 1.63. The van der Waals surface area contributed by atoms with Gasteiger partial charge in [-0.15, -0.1) is 0 Å². The third-order valence-corrected chi connectivity index (χ3v) is 3.44. The van der Waals surface area contributed by atoms with Gasteiger partial charge in [0.2, 0.25) is 0 Å². The quantitative estimate of drug-likeness (QED) is 0.913. The minimum atomic E-state index is -0.355. The highest BCUT2D eigenvalue weighted by Gasteiger charge is 2.07. The third-order valence-electron chi connectivity index (χ3n) is 3.15. The Labute approximate surface area is 138 Å². The number of nitrogens with zero attached hydrogens (tertiary/aromatic N) is 1. The van der Waals surface area contributed by atoms with E-state index in [1.165, 1.54) is 18.2 Å². The van der Waals surface area contributed by atoms with Crippen LogP contribution in [-0.2, 0) is 11.3 Å². The second-order valence-electron chi connectivity index (χ2n) is 4.91. The lowest BCUT2D eigenvalue weighted by Crippen LogP contribution is -2.28. The van der Waals surface area contributed by atoms with Crippen LogP contribution in [0.1, 0.15) is 16.7 Å². The molecule has 0 saturated heterocycles. The number of nitriles is 1. The number of benzene rings is 2. The van der Waals surface area contributed by atoms with Gasteiger partial charge in [0.25, 0.3) is 5.91 Å². The number of nitrogens with one attached hydrogen (secondary N) is 1. The zero-order valence-corrected chi connectivity index (χ0v) is 13.2. The molecule has 2 aromatic carbocycles. The Morgan fingerprint density at radius 2 is 2.13 bits per heavy atom. The number of hydrogen-bond donors (Lipinski definition) is 1. The van der Waals surface area contributed by atoms with E-state index in [0.717, 1.165) is 0 Å². The van der Waals surface area contributed by atoms with Crippen molar-refractivity contribution in [1.29, 1.82) is 5.26 Å². The molecular weight excluding hydrogens is 319 g/mol. The zero-order chi connectivity index (χ0) is 16.8. The number of ether oxygens (including phenoxy) is 1. The highest BCUT2D eigenvalue weighted by Crippen LogP contribution is 2.25. The van der Waals surface area contributed by atoms with Crippen LogP contribution in [0.4, 0.5) is 4.39 Å². The van der Waals surface area contributed by atoms with Crippen molar-refractivity contribution in [2.24, 2.45) is 0 Å². The summed E-state index contributed by atoms with van der Waals surface area (Å²) in [6, 6.07) is 11.3. The van der Waals surface area contributed by atoms with E-state index in [0.29, 0.717) is 22.4 Å². The molecular formula is C17H14ClFN2O2. The molecule has 0 aliphatic rings. The van der Waals surface area contributed by atoms with Crippen LogP contribution in [-0.4, -0.2) is 12.5 Å². The molecule has 6 heteroatoms. The van der Waals surface area contributed by atoms with Crippen LogP contribution >= 0.6 is 11.6 Å². The van der Waals surface area contributed by atoms with Crippen molar-refractivity contribution in [3.8, 4) is 11.8 Å². The van der Waals surface area contributed by atoms with Crippen molar-refractivity contribution in [2.75, 3.05) is 6.61 Å². The minimum Gasteiger partial charge on any atom is -0.482 e. The van der Waals surface area contributed by atoms with Gasteiger partial charge in [-0.25, -0.2) is 4.39 Å². The molecule has 23 heavy (non-hydrogen) atoms. The van der Waals surface area contributed by atoms with E-state index < -0.39 is 0 Å². The monoisotopic (exact) mass is 332 g/mol. The minimum absolute atomic E-state index is 0.209. The second-order valence-corrected chi connectivity index (χ2v) is 5.31. The van der Waals surface area contributed by atoms with Gasteiger partial charge < -0.3 is 10.1 Å². The molecule has 0 aliphatic carbocycles. The number of aryl methyl sites for hydroxylation is 1. The van der Waals surface area contributed by atoms with Gasteiger partial charge >= 0.3 is 0 Å². The molecule has 0 heterocycles. The van der Waals surface area contributed by atoms with Crippen LogP contribution in [0, 0.1) is 24.1 Å². The largest absolute Gasteiger partial charge is 0.482 e. The van der Waals surface area contributed by atoms with Gasteiger partial charge in [-0.3, -0.25) is 4.79 Å². The SMILES string of the molecule is Cc1ccc(CNC(=O)COc2ccc(C#N)cc2Cl)cc1F. The van der Waals surface area contributed by atoms with E-state index in [1.54, 1.807) is 25.1 Å². The van der Waals surface area contributed by atoms with Gasteiger partial charge in [-0.1, -0.05) is 23.7 Å². The van der Waals surface area contributed by atoms with Gasteiger partial charge in [0.15, 0.2) is 6.61 Å². The molecule has 0 radical (unpaired) electrons. The maximum atomic E-state index is 13.4. The van der Waals surface area contributed by atoms with Crippen LogP contribution < -0.4 is 10.1 Å². The van der Waals surface area contributed by atoms with Crippen LogP contribution in [0.3, 0.4) is 0 Å². The summed E-state index contributed by atoms with van der Waals surface area (Å²) in [5, 5.41) is 11.6. The molecule has 0 saturated carbocycles. The van der Waals surface area contributed by atoms with E-state index in [4.69, 9.17) is 21.6 Å². The van der Waals surface area contributed by atoms with Gasteiger partial charge in [0, 0.05) is 6.54 Å². The number of halogens is 2. The smallest absolute Gasteiger partial charge is 0.258 e. The standard InChI is InChI=1S/C17H14ClFN2O2/c1-11-2-3-13(7-15(11)19)9-21-17(22)10-23-16-5-4-12(8-20)6-14(16)18/h2-7H,9-10H2,1H3,(H,21,22). The summed E-state index contributed by atoms with van der Waals surface area (Å²) in [7, 11) is 0. The van der Waals surface area contributed by atoms with E-state index in [2.05, 4.69) is 5.32 Å². The van der Waals surface area contributed by atoms with E-state index in [1.807, 2.05) is 6.07 Å². The highest BCUT2D eigenvalue weighted by atomic mass is 35.5. The fourth-order valence-electron chi connectivity index (χ4n) is 1.83. The molecule has 1 amide bonds. The normalized spacial score (nSPS) is 10.0. The lowest BCUT2D eigenvalue weighted by Gasteiger charge is -2.09. The summed E-state index contributed by atoms with van der Waals surface area (Å²) in [6.45, 7) is 1.66. The summed E-state index contributed by atoms with van der Waals surface area (Å²) in [4.78, 5) is 11.8. The van der Waals surface area contributed by atoms with Gasteiger partial charge in [0.1, 0.15) is 11.6 Å². The summed E-state index contributed by atoms with van der Waals surface area (Å²) >= 11 is 5.95. The fourth-order valence-corrected chi connectivity index (χ4v) is 2.06. The van der Waals surface area contributed by atoms with Gasteiger partial charge in [0.05, 0.1) is 16.7 Å². The predicted octanol–water partition coefficient (Wildman–Crippen LogP) is 3.35. The first-order valence-corrected chi connectivity index (χ1v) is 7.21. The van der Waals surface area contributed by atoms with Gasteiger partial charge in [-0.2, -0.15) is 5.26 Å². The summed E-state index contributed by atoms with van der Waals surface area (Å²) in [5.74, 6) is -0.342. The predicted molar refractivity (Wildman–Crippen MR) is 84.6 cm³/mol. The fraction of sp³-hybridized carbons (Fsp3) is 0.176. The number of carbonyl (C=O) groups is 1. The van der Waals surface area contributed by atoms with Crippen molar-refractivity contribution in [3.05, 3.63) is 63.9 Å². The maximum Gasteiger partial charge on any atom is 0.258 e. The molecule has 2 rings (SSSR count). The lowest BCUT2D eigenvalue weighted by atomic mass is 10.1. The Balaban J connectivity index is 1.85. The Kier molecular flexibility index (Phi) is 5.56. The van der Waals surface area contributed by atoms with Crippen LogP contribution in [0.25, 0.3) is 0 Å². The molecule has 0 atom stereocenters. The topological polar surface area (TPSA) is 62.1 Å². The molecule has 1 N–H and O–H groups in total. The van der Waals surface area contributed by atoms with Crippen molar-refractivity contribution in [1.82, 2.24) is 5.32 Å². The number of carbonyl (C=O) groups excluding carboxylic acids is 1. The average molecular weight is 333 g/mol. The van der Waals surface area contributed by atoms with E-state index in [9.17, 15) is 9.18 Å². The van der Waals surface area contributed by atoms with Crippen LogP contribution in [0.5, 0.6) is 5.75 Å². The number of rotatable bonds is 5. The average Bonchev–Trinajstić information content (AvgIpc) is 2.54. The summed E-state index contributed by atoms with van der Waals surface area (Å²) < 4.78 is 18.7. The molecule has 0 fully saturated rings. The zero-order valence-electron chi connectivity index (χ0n) is 12.4. The second kappa shape index (κ2) is 7.61. The van der Waals surface area contributed by atoms with E-state index in [-0.39, 0.29) is 29.9 Å². The first-order chi connectivity index (χ1) is 11.0. The highest BCUT2D eigenvalue weighted by molar-refractivity contribution is 6.32. The Hall–Kier alpha value is -2.58. The first-order valence-electron chi connectivity index (χ1n) is 6.84. The molecule has 0 unspecified atom stereocenters. The molecule has 0 spiro atoms. The number of hydrogen-bond acceptors (Lipinski definition) is 3. The number of amides is 1. The van der Waals surface area contributed by atoms with Crippen molar-refractivity contribution in [3.63, 3.8) is 0 Å². The van der Waals surface area contributed by atoms with E-state index >= 15 is 0 Å². The Morgan fingerprint density at radius 1 is 1.35 bits per heavy atom. The maximum absolute atomic E-state index is 13.4. The Morgan fingerprint density at radius 3 is 2.78 bits per heavy atom. The molecule has 0 bridgehead atoms. The van der Waals surface area contributed by atoms with Crippen molar-refractivity contribution in [2.45, 2.75) is 13.5 Å². The van der Waals surface area contributed by atoms with Crippen molar-refractivity contribution < 1.29 is 13.9 Å². The van der Waals surface area contributed by atoms with Crippen molar-refractivity contribution >= 4 is 17.5 Å². The molecule has 118 valence electrons. The van der Waals surface area contributed by atoms with Gasteiger partial charge in [-0.05, 0) is 42.3 Å². The van der Waals surface area contributed by atoms with Crippen LogP contribution in [0.2, 0.25) is 5.02 Å². The Bertz CT molecular complexity index is 772. The molecule has 0 aliphatic heterocycles. The molecule has 4 nitrogen and oxygen atoms in total. The summed E-state index contributed by atoms with van der Waals surface area (Å²) in [6.07, 6.45) is 0. The molecule has 2 aromatic rings. The molecule has 0 aromatic heterocycles. The first kappa shape index (κ1) is 16.8.